The van der Waals surface area contributed by atoms with E-state index in [1.165, 1.54) is 77.7 Å². The first-order chi connectivity index (χ1) is 9.33. The Kier molecular flexibility index (Phi) is 4.78. The van der Waals surface area contributed by atoms with Crippen molar-refractivity contribution in [2.24, 2.45) is 0 Å². The van der Waals surface area contributed by atoms with Crippen LogP contribution in [0.1, 0.15) is 51.9 Å². The van der Waals surface area contributed by atoms with E-state index in [1.54, 1.807) is 0 Å². The molecule has 0 spiro atoms. The fourth-order valence-electron chi connectivity index (χ4n) is 4.28. The summed E-state index contributed by atoms with van der Waals surface area (Å²) in [5.41, 5.74) is 0. The first kappa shape index (κ1) is 13.8. The fraction of sp³-hybridized carbons (Fsp3) is 1.00. The molecule has 2 heterocycles. The van der Waals surface area contributed by atoms with Gasteiger partial charge in [-0.1, -0.05) is 12.8 Å². The number of hydrogen-bond acceptors (Lipinski definition) is 3. The van der Waals surface area contributed by atoms with Crippen LogP contribution in [-0.2, 0) is 0 Å². The minimum Gasteiger partial charge on any atom is -0.314 e. The molecule has 3 aliphatic rings. The number of fused-ring (bicyclic) bond motifs is 1. The summed E-state index contributed by atoms with van der Waals surface area (Å²) in [7, 11) is 0. The third-order valence-electron chi connectivity index (χ3n) is 5.48. The Hall–Kier alpha value is -0.120. The molecular formula is C16H31N3. The molecule has 1 aliphatic carbocycles. The van der Waals surface area contributed by atoms with Gasteiger partial charge < -0.3 is 5.32 Å². The minimum absolute atomic E-state index is 0.765. The van der Waals surface area contributed by atoms with Crippen molar-refractivity contribution in [3.05, 3.63) is 0 Å². The van der Waals surface area contributed by atoms with Crippen LogP contribution in [0, 0.1) is 0 Å². The minimum atomic E-state index is 0.765. The number of nitrogens with zero attached hydrogens (tertiary/aromatic N) is 2. The van der Waals surface area contributed by atoms with E-state index in [0.29, 0.717) is 0 Å². The quantitative estimate of drug-likeness (QED) is 0.768. The number of rotatable bonds is 5. The van der Waals surface area contributed by atoms with E-state index < -0.39 is 0 Å². The van der Waals surface area contributed by atoms with Crippen LogP contribution in [-0.4, -0.2) is 60.6 Å². The van der Waals surface area contributed by atoms with Crippen LogP contribution in [0.15, 0.2) is 0 Å². The Balaban J connectivity index is 1.35. The molecule has 0 aromatic rings. The van der Waals surface area contributed by atoms with Crippen molar-refractivity contribution in [3.8, 4) is 0 Å². The molecule has 1 saturated carbocycles. The van der Waals surface area contributed by atoms with Crippen LogP contribution in [0.2, 0.25) is 0 Å². The average Bonchev–Trinajstić information content (AvgIpc) is 3.05. The van der Waals surface area contributed by atoms with E-state index in [1.807, 2.05) is 0 Å². The summed E-state index contributed by atoms with van der Waals surface area (Å²) in [5, 5.41) is 3.75. The Labute approximate surface area is 118 Å². The van der Waals surface area contributed by atoms with Gasteiger partial charge in [-0.2, -0.15) is 0 Å². The lowest BCUT2D eigenvalue weighted by Crippen LogP contribution is -2.55. The van der Waals surface area contributed by atoms with Gasteiger partial charge in [0.1, 0.15) is 0 Å². The summed E-state index contributed by atoms with van der Waals surface area (Å²) in [6.07, 6.45) is 9.90. The van der Waals surface area contributed by atoms with E-state index in [-0.39, 0.29) is 0 Å². The van der Waals surface area contributed by atoms with E-state index in [2.05, 4.69) is 22.0 Å². The summed E-state index contributed by atoms with van der Waals surface area (Å²) in [4.78, 5) is 5.46. The molecule has 3 nitrogen and oxygen atoms in total. The molecule has 2 unspecified atom stereocenters. The highest BCUT2D eigenvalue weighted by atomic mass is 15.3. The van der Waals surface area contributed by atoms with Crippen LogP contribution >= 0.6 is 0 Å². The summed E-state index contributed by atoms with van der Waals surface area (Å²) in [6.45, 7) is 8.92. The van der Waals surface area contributed by atoms with Crippen LogP contribution in [0.4, 0.5) is 0 Å². The molecule has 110 valence electrons. The van der Waals surface area contributed by atoms with Crippen LogP contribution in [0.25, 0.3) is 0 Å². The molecule has 2 aliphatic heterocycles. The van der Waals surface area contributed by atoms with Crippen LogP contribution < -0.4 is 5.32 Å². The molecule has 3 rings (SSSR count). The van der Waals surface area contributed by atoms with Gasteiger partial charge in [0, 0.05) is 31.2 Å². The predicted molar refractivity (Wildman–Crippen MR) is 80.5 cm³/mol. The zero-order valence-electron chi connectivity index (χ0n) is 12.6. The molecule has 0 radical (unpaired) electrons. The van der Waals surface area contributed by atoms with Crippen molar-refractivity contribution in [1.29, 1.82) is 0 Å². The molecule has 19 heavy (non-hydrogen) atoms. The zero-order valence-corrected chi connectivity index (χ0v) is 12.6. The maximum atomic E-state index is 3.75. The fourth-order valence-corrected chi connectivity index (χ4v) is 4.28. The maximum absolute atomic E-state index is 3.75. The first-order valence-corrected chi connectivity index (χ1v) is 8.54. The molecule has 0 bridgehead atoms. The Morgan fingerprint density at radius 2 is 1.89 bits per heavy atom. The molecule has 0 aromatic heterocycles. The van der Waals surface area contributed by atoms with Crippen molar-refractivity contribution in [3.63, 3.8) is 0 Å². The van der Waals surface area contributed by atoms with Gasteiger partial charge >= 0.3 is 0 Å². The van der Waals surface area contributed by atoms with Crippen molar-refractivity contribution in [1.82, 2.24) is 15.1 Å². The van der Waals surface area contributed by atoms with Crippen LogP contribution in [0.3, 0.4) is 0 Å². The SMILES string of the molecule is CC1CN2CCCC2CN1CCCNC1CCCC1. The lowest BCUT2D eigenvalue weighted by Gasteiger charge is -2.42. The van der Waals surface area contributed by atoms with Gasteiger partial charge in [-0.15, -0.1) is 0 Å². The molecule has 0 aromatic carbocycles. The topological polar surface area (TPSA) is 18.5 Å². The number of piperazine rings is 1. The second kappa shape index (κ2) is 6.55. The monoisotopic (exact) mass is 265 g/mol. The molecule has 3 heteroatoms. The lowest BCUT2D eigenvalue weighted by molar-refractivity contribution is 0.0587. The normalized spacial score (nSPS) is 33.9. The van der Waals surface area contributed by atoms with Gasteiger partial charge in [0.05, 0.1) is 0 Å². The third-order valence-corrected chi connectivity index (χ3v) is 5.48. The summed E-state index contributed by atoms with van der Waals surface area (Å²) < 4.78 is 0. The highest BCUT2D eigenvalue weighted by Crippen LogP contribution is 2.24. The first-order valence-electron chi connectivity index (χ1n) is 8.54. The smallest absolute Gasteiger partial charge is 0.0224 e. The van der Waals surface area contributed by atoms with Gasteiger partial charge in [0.15, 0.2) is 0 Å². The molecule has 3 fully saturated rings. The Morgan fingerprint density at radius 1 is 1.05 bits per heavy atom. The second-order valence-corrected chi connectivity index (χ2v) is 6.92. The van der Waals surface area contributed by atoms with Crippen molar-refractivity contribution in [2.75, 3.05) is 32.7 Å². The highest BCUT2D eigenvalue weighted by molar-refractivity contribution is 4.90. The number of nitrogens with one attached hydrogen (secondary N) is 1. The van der Waals surface area contributed by atoms with Gasteiger partial charge in [0.25, 0.3) is 0 Å². The largest absolute Gasteiger partial charge is 0.314 e. The van der Waals surface area contributed by atoms with E-state index in [4.69, 9.17) is 0 Å². The van der Waals surface area contributed by atoms with Gasteiger partial charge in [-0.05, 0) is 58.7 Å². The van der Waals surface area contributed by atoms with Crippen LogP contribution in [0.5, 0.6) is 0 Å². The summed E-state index contributed by atoms with van der Waals surface area (Å²) in [5.74, 6) is 0. The standard InChI is InChI=1S/C16H31N3/c1-14-12-19-10-4-8-16(19)13-18(14)11-5-9-17-15-6-2-3-7-15/h14-17H,2-13H2,1H3. The third kappa shape index (κ3) is 3.50. The van der Waals surface area contributed by atoms with Gasteiger partial charge in [-0.3, -0.25) is 9.80 Å². The van der Waals surface area contributed by atoms with Gasteiger partial charge in [-0.25, -0.2) is 0 Å². The van der Waals surface area contributed by atoms with Gasteiger partial charge in [0.2, 0.25) is 0 Å². The van der Waals surface area contributed by atoms with E-state index in [0.717, 1.165) is 18.1 Å². The summed E-state index contributed by atoms with van der Waals surface area (Å²) in [6, 6.07) is 2.48. The molecular weight excluding hydrogens is 234 g/mol. The molecule has 2 saturated heterocycles. The maximum Gasteiger partial charge on any atom is 0.0224 e. The van der Waals surface area contributed by atoms with Crippen molar-refractivity contribution >= 4 is 0 Å². The Bertz CT molecular complexity index is 275. The molecule has 0 amide bonds. The van der Waals surface area contributed by atoms with Crippen molar-refractivity contribution in [2.45, 2.75) is 70.0 Å². The lowest BCUT2D eigenvalue weighted by atomic mass is 10.1. The van der Waals surface area contributed by atoms with E-state index in [9.17, 15) is 0 Å². The molecule has 1 N–H and O–H groups in total. The Morgan fingerprint density at radius 3 is 2.74 bits per heavy atom. The zero-order chi connectivity index (χ0) is 13.1. The summed E-state index contributed by atoms with van der Waals surface area (Å²) >= 11 is 0. The highest BCUT2D eigenvalue weighted by Gasteiger charge is 2.33. The molecule has 2 atom stereocenters. The van der Waals surface area contributed by atoms with Crippen molar-refractivity contribution < 1.29 is 0 Å². The second-order valence-electron chi connectivity index (χ2n) is 6.92. The predicted octanol–water partition coefficient (Wildman–Crippen LogP) is 2.08. The average molecular weight is 265 g/mol. The number of hydrogen-bond donors (Lipinski definition) is 1. The van der Waals surface area contributed by atoms with E-state index >= 15 is 0 Å².